The Bertz CT molecular complexity index is 1070. The van der Waals surface area contributed by atoms with Crippen molar-refractivity contribution in [3.63, 3.8) is 0 Å². The summed E-state index contributed by atoms with van der Waals surface area (Å²) in [5.74, 6) is 0.0672. The molecule has 71 heavy (non-hydrogen) atoms. The highest BCUT2D eigenvalue weighted by Gasteiger charge is 2.55. The average molecular weight is 1000 g/mol. The van der Waals surface area contributed by atoms with Gasteiger partial charge in [-0.15, -0.1) is 0 Å². The zero-order valence-corrected chi connectivity index (χ0v) is 49.7. The summed E-state index contributed by atoms with van der Waals surface area (Å²) in [6.45, 7) is 18.6. The average Bonchev–Trinajstić information content (AvgIpc) is 3.57. The molecule has 0 saturated carbocycles. The highest BCUT2D eigenvalue weighted by atomic mass is 16.2. The van der Waals surface area contributed by atoms with Crippen LogP contribution in [0.25, 0.3) is 0 Å². The SMILES string of the molecule is CCCCCCCCCCCCCCN(CCCCCCCCCCCCCC)CN1C(=O)N(CN(CCCCCCCCCCCCCC)CCCCCCCCCCCCCC)C(CC)(CC)C1=O. The molecule has 1 heterocycles. The maximum atomic E-state index is 14.8. The standard InChI is InChI=1S/C65H130N4O2/c1-7-13-17-21-25-29-33-37-41-45-49-53-57-66(58-54-50-46-42-38-34-30-26-22-18-14-8-2)61-68-63(70)65(11-5,12-6)69(64(68)71)62-67(59-55-51-47-43-39-35-31-27-23-19-15-9-3)60-56-52-48-44-40-36-32-28-24-20-16-10-4/h7-62H2,1-6H3. The van der Waals surface area contributed by atoms with E-state index in [2.05, 4.69) is 56.2 Å². The van der Waals surface area contributed by atoms with Crippen LogP contribution in [0.15, 0.2) is 0 Å². The molecule has 0 N–H and O–H groups in total. The Morgan fingerprint density at radius 3 is 0.690 bits per heavy atom. The summed E-state index contributed by atoms with van der Waals surface area (Å²) in [6.07, 6.45) is 66.3. The predicted octanol–water partition coefficient (Wildman–Crippen LogP) is 21.1. The van der Waals surface area contributed by atoms with E-state index in [4.69, 9.17) is 0 Å². The third-order valence-corrected chi connectivity index (χ3v) is 16.8. The summed E-state index contributed by atoms with van der Waals surface area (Å²) >= 11 is 0. The number of carbonyl (C=O) groups excluding carboxylic acids is 2. The van der Waals surface area contributed by atoms with Crippen LogP contribution in [0, 0.1) is 0 Å². The molecule has 0 bridgehead atoms. The number of imide groups is 1. The molecule has 0 spiro atoms. The quantitative estimate of drug-likeness (QED) is 0.0450. The first-order chi connectivity index (χ1) is 34.9. The van der Waals surface area contributed by atoms with Gasteiger partial charge in [0.25, 0.3) is 5.91 Å². The maximum Gasteiger partial charge on any atom is 0.329 e. The Labute approximate surface area is 446 Å². The fourth-order valence-corrected chi connectivity index (χ4v) is 11.6. The smallest absolute Gasteiger partial charge is 0.297 e. The number of unbranched alkanes of at least 4 members (excludes halogenated alkanes) is 44. The van der Waals surface area contributed by atoms with Crippen molar-refractivity contribution in [2.24, 2.45) is 0 Å². The van der Waals surface area contributed by atoms with Gasteiger partial charge in [-0.2, -0.15) is 0 Å². The molecule has 6 nitrogen and oxygen atoms in total. The monoisotopic (exact) mass is 999 g/mol. The van der Waals surface area contributed by atoms with E-state index >= 15 is 0 Å². The zero-order chi connectivity index (χ0) is 51.6. The van der Waals surface area contributed by atoms with Gasteiger partial charge in [-0.25, -0.2) is 9.69 Å². The first kappa shape index (κ1) is 67.9. The molecule has 6 heteroatoms. The third kappa shape index (κ3) is 35.7. The molecule has 422 valence electrons. The number of urea groups is 1. The summed E-state index contributed by atoms with van der Waals surface area (Å²) in [4.78, 5) is 38.4. The summed E-state index contributed by atoms with van der Waals surface area (Å²) < 4.78 is 0. The van der Waals surface area contributed by atoms with Gasteiger partial charge < -0.3 is 0 Å². The number of rotatable bonds is 58. The minimum Gasteiger partial charge on any atom is -0.297 e. The number of hydrogen-bond donors (Lipinski definition) is 0. The molecule has 1 aliphatic heterocycles. The highest BCUT2D eigenvalue weighted by molar-refractivity contribution is 6.07. The lowest BCUT2D eigenvalue weighted by Crippen LogP contribution is -2.53. The van der Waals surface area contributed by atoms with Crippen molar-refractivity contribution in [2.75, 3.05) is 39.5 Å². The van der Waals surface area contributed by atoms with Crippen molar-refractivity contribution in [2.45, 2.75) is 368 Å². The van der Waals surface area contributed by atoms with Gasteiger partial charge in [-0.3, -0.25) is 19.5 Å². The lowest BCUT2D eigenvalue weighted by molar-refractivity contribution is -0.135. The lowest BCUT2D eigenvalue weighted by Gasteiger charge is -2.37. The molecule has 0 aromatic heterocycles. The van der Waals surface area contributed by atoms with E-state index < -0.39 is 5.54 Å². The Hall–Kier alpha value is -1.14. The van der Waals surface area contributed by atoms with E-state index in [1.54, 1.807) is 4.90 Å². The first-order valence-electron chi connectivity index (χ1n) is 33.0. The molecule has 0 atom stereocenters. The maximum absolute atomic E-state index is 14.8. The van der Waals surface area contributed by atoms with Crippen LogP contribution in [-0.4, -0.2) is 76.6 Å². The number of amides is 3. The lowest BCUT2D eigenvalue weighted by atomic mass is 9.91. The number of carbonyl (C=O) groups is 2. The number of nitrogens with zero attached hydrogens (tertiary/aromatic N) is 4. The highest BCUT2D eigenvalue weighted by Crippen LogP contribution is 2.35. The predicted molar refractivity (Wildman–Crippen MR) is 315 cm³/mol. The van der Waals surface area contributed by atoms with Crippen LogP contribution in [0.4, 0.5) is 4.79 Å². The van der Waals surface area contributed by atoms with Gasteiger partial charge in [0, 0.05) is 0 Å². The fraction of sp³-hybridized carbons (Fsp3) is 0.969. The second-order valence-corrected chi connectivity index (χ2v) is 23.3. The van der Waals surface area contributed by atoms with Crippen molar-refractivity contribution in [1.29, 1.82) is 0 Å². The third-order valence-electron chi connectivity index (χ3n) is 16.8. The van der Waals surface area contributed by atoms with E-state index in [1.165, 1.54) is 295 Å². The molecule has 1 saturated heterocycles. The molecule has 1 rings (SSSR count). The molecule has 0 aliphatic carbocycles. The van der Waals surface area contributed by atoms with E-state index in [1.807, 2.05) is 0 Å². The van der Waals surface area contributed by atoms with Crippen molar-refractivity contribution in [3.05, 3.63) is 0 Å². The van der Waals surface area contributed by atoms with Crippen LogP contribution in [0.5, 0.6) is 0 Å². The molecule has 0 radical (unpaired) electrons. The van der Waals surface area contributed by atoms with Crippen molar-refractivity contribution in [3.8, 4) is 0 Å². The van der Waals surface area contributed by atoms with Gasteiger partial charge in [0.2, 0.25) is 0 Å². The Morgan fingerprint density at radius 2 is 0.479 bits per heavy atom. The second-order valence-electron chi connectivity index (χ2n) is 23.3. The summed E-state index contributed by atoms with van der Waals surface area (Å²) in [5, 5.41) is 0. The van der Waals surface area contributed by atoms with Crippen LogP contribution in [0.2, 0.25) is 0 Å². The minimum atomic E-state index is -0.736. The van der Waals surface area contributed by atoms with Crippen molar-refractivity contribution >= 4 is 11.9 Å². The van der Waals surface area contributed by atoms with E-state index in [0.717, 1.165) is 39.0 Å². The van der Waals surface area contributed by atoms with E-state index in [9.17, 15) is 9.59 Å². The summed E-state index contributed by atoms with van der Waals surface area (Å²) in [7, 11) is 0. The molecule has 1 fully saturated rings. The Morgan fingerprint density at radius 1 is 0.282 bits per heavy atom. The molecular formula is C65H130N4O2. The second kappa shape index (κ2) is 51.0. The largest absolute Gasteiger partial charge is 0.329 e. The molecule has 0 aromatic rings. The Balaban J connectivity index is 2.91. The Kier molecular flexibility index (Phi) is 48.7. The fourth-order valence-electron chi connectivity index (χ4n) is 11.6. The van der Waals surface area contributed by atoms with Crippen LogP contribution >= 0.6 is 0 Å². The van der Waals surface area contributed by atoms with Gasteiger partial charge in [-0.1, -0.05) is 324 Å². The van der Waals surface area contributed by atoms with Gasteiger partial charge >= 0.3 is 6.03 Å². The van der Waals surface area contributed by atoms with Crippen LogP contribution in [0.1, 0.15) is 363 Å². The topological polar surface area (TPSA) is 47.1 Å². The van der Waals surface area contributed by atoms with Crippen LogP contribution in [0.3, 0.4) is 0 Å². The van der Waals surface area contributed by atoms with E-state index in [0.29, 0.717) is 26.2 Å². The van der Waals surface area contributed by atoms with E-state index in [-0.39, 0.29) is 11.9 Å². The first-order valence-corrected chi connectivity index (χ1v) is 33.0. The molecule has 0 unspecified atom stereocenters. The van der Waals surface area contributed by atoms with Crippen LogP contribution in [-0.2, 0) is 4.79 Å². The van der Waals surface area contributed by atoms with Crippen LogP contribution < -0.4 is 0 Å². The minimum absolute atomic E-state index is 0.0255. The summed E-state index contributed by atoms with van der Waals surface area (Å²) in [6, 6.07) is -0.0255. The molecule has 0 aromatic carbocycles. The molecule has 3 amide bonds. The van der Waals surface area contributed by atoms with Crippen molar-refractivity contribution in [1.82, 2.24) is 19.6 Å². The zero-order valence-electron chi connectivity index (χ0n) is 49.7. The molecule has 1 aliphatic rings. The van der Waals surface area contributed by atoms with Crippen molar-refractivity contribution < 1.29 is 9.59 Å². The van der Waals surface area contributed by atoms with Gasteiger partial charge in [0.05, 0.1) is 13.3 Å². The van der Waals surface area contributed by atoms with Gasteiger partial charge in [0.1, 0.15) is 5.54 Å². The number of hydrogen-bond acceptors (Lipinski definition) is 4. The summed E-state index contributed by atoms with van der Waals surface area (Å²) in [5.41, 5.74) is -0.736. The molecular weight excluding hydrogens is 869 g/mol. The van der Waals surface area contributed by atoms with Gasteiger partial charge in [0.15, 0.2) is 0 Å². The normalized spacial score (nSPS) is 13.9. The van der Waals surface area contributed by atoms with Gasteiger partial charge in [-0.05, 0) is 64.7 Å².